The summed E-state index contributed by atoms with van der Waals surface area (Å²) in [7, 11) is 0. The van der Waals surface area contributed by atoms with Crippen LogP contribution in [0.2, 0.25) is 0 Å². The first-order valence-corrected chi connectivity index (χ1v) is 6.28. The SMILES string of the molecule is CCCC[C@H](NC(=O)CCC(C)(C)C)C(=O)O. The van der Waals surface area contributed by atoms with Crippen molar-refractivity contribution in [1.82, 2.24) is 5.32 Å². The molecule has 0 aromatic carbocycles. The van der Waals surface area contributed by atoms with Gasteiger partial charge in [-0.2, -0.15) is 0 Å². The highest BCUT2D eigenvalue weighted by molar-refractivity contribution is 5.83. The molecule has 0 aromatic rings. The van der Waals surface area contributed by atoms with E-state index in [-0.39, 0.29) is 11.3 Å². The van der Waals surface area contributed by atoms with Crippen molar-refractivity contribution in [2.75, 3.05) is 0 Å². The summed E-state index contributed by atoms with van der Waals surface area (Å²) < 4.78 is 0. The van der Waals surface area contributed by atoms with E-state index in [9.17, 15) is 9.59 Å². The van der Waals surface area contributed by atoms with Crippen molar-refractivity contribution in [3.8, 4) is 0 Å². The van der Waals surface area contributed by atoms with Crippen LogP contribution in [0.3, 0.4) is 0 Å². The molecule has 0 spiro atoms. The van der Waals surface area contributed by atoms with Crippen LogP contribution < -0.4 is 5.32 Å². The fourth-order valence-corrected chi connectivity index (χ4v) is 1.42. The zero-order valence-electron chi connectivity index (χ0n) is 11.4. The van der Waals surface area contributed by atoms with Crippen LogP contribution in [0.1, 0.15) is 59.8 Å². The number of hydrogen-bond donors (Lipinski definition) is 2. The summed E-state index contributed by atoms with van der Waals surface area (Å²) in [6, 6.07) is -0.734. The van der Waals surface area contributed by atoms with Crippen LogP contribution in [0, 0.1) is 5.41 Å². The molecule has 1 atom stereocenters. The maximum atomic E-state index is 11.6. The number of carboxylic acid groups (broad SMARTS) is 1. The number of unbranched alkanes of at least 4 members (excludes halogenated alkanes) is 1. The molecule has 0 aliphatic heterocycles. The fourth-order valence-electron chi connectivity index (χ4n) is 1.42. The summed E-state index contributed by atoms with van der Waals surface area (Å²) in [6.45, 7) is 8.18. The van der Waals surface area contributed by atoms with Crippen molar-refractivity contribution in [1.29, 1.82) is 0 Å². The Morgan fingerprint density at radius 2 is 1.88 bits per heavy atom. The van der Waals surface area contributed by atoms with Gasteiger partial charge in [-0.25, -0.2) is 4.79 Å². The normalized spacial score (nSPS) is 13.2. The first kappa shape index (κ1) is 15.9. The van der Waals surface area contributed by atoms with Gasteiger partial charge in [0.05, 0.1) is 0 Å². The molecule has 0 bridgehead atoms. The summed E-state index contributed by atoms with van der Waals surface area (Å²) in [6.07, 6.45) is 3.41. The summed E-state index contributed by atoms with van der Waals surface area (Å²) in [5.74, 6) is -1.11. The van der Waals surface area contributed by atoms with E-state index >= 15 is 0 Å². The number of aliphatic carboxylic acids is 1. The summed E-state index contributed by atoms with van der Waals surface area (Å²) in [5, 5.41) is 11.5. The third-order valence-corrected chi connectivity index (χ3v) is 2.58. The summed E-state index contributed by atoms with van der Waals surface area (Å²) >= 11 is 0. The second kappa shape index (κ2) is 7.30. The molecule has 1 amide bonds. The van der Waals surface area contributed by atoms with E-state index in [0.29, 0.717) is 12.8 Å². The average molecular weight is 243 g/mol. The lowest BCUT2D eigenvalue weighted by Crippen LogP contribution is -2.40. The van der Waals surface area contributed by atoms with Gasteiger partial charge in [0.15, 0.2) is 0 Å². The lowest BCUT2D eigenvalue weighted by molar-refractivity contribution is -0.142. The number of nitrogens with one attached hydrogen (secondary N) is 1. The molecule has 0 unspecified atom stereocenters. The van der Waals surface area contributed by atoms with Crippen LogP contribution in [0.15, 0.2) is 0 Å². The van der Waals surface area contributed by atoms with Crippen LogP contribution in [0.4, 0.5) is 0 Å². The van der Waals surface area contributed by atoms with Crippen LogP contribution in [-0.2, 0) is 9.59 Å². The minimum atomic E-state index is -0.942. The number of carboxylic acids is 1. The Morgan fingerprint density at radius 1 is 1.29 bits per heavy atom. The Bertz CT molecular complexity index is 256. The van der Waals surface area contributed by atoms with Crippen molar-refractivity contribution in [3.63, 3.8) is 0 Å². The van der Waals surface area contributed by atoms with E-state index in [2.05, 4.69) is 26.1 Å². The van der Waals surface area contributed by atoms with Gasteiger partial charge in [-0.15, -0.1) is 0 Å². The molecular formula is C13H25NO3. The van der Waals surface area contributed by atoms with E-state index in [0.717, 1.165) is 19.3 Å². The quantitative estimate of drug-likeness (QED) is 0.722. The Morgan fingerprint density at radius 3 is 2.29 bits per heavy atom. The van der Waals surface area contributed by atoms with E-state index < -0.39 is 12.0 Å². The number of carbonyl (C=O) groups is 2. The third-order valence-electron chi connectivity index (χ3n) is 2.58. The van der Waals surface area contributed by atoms with E-state index in [1.165, 1.54) is 0 Å². The van der Waals surface area contributed by atoms with Gasteiger partial charge in [0.1, 0.15) is 6.04 Å². The maximum Gasteiger partial charge on any atom is 0.326 e. The minimum Gasteiger partial charge on any atom is -0.480 e. The van der Waals surface area contributed by atoms with Gasteiger partial charge in [0, 0.05) is 6.42 Å². The highest BCUT2D eigenvalue weighted by Crippen LogP contribution is 2.20. The van der Waals surface area contributed by atoms with Gasteiger partial charge in [-0.3, -0.25) is 4.79 Å². The molecule has 0 aliphatic carbocycles. The molecule has 100 valence electrons. The van der Waals surface area contributed by atoms with Gasteiger partial charge in [0.2, 0.25) is 5.91 Å². The average Bonchev–Trinajstić information content (AvgIpc) is 2.19. The first-order valence-electron chi connectivity index (χ1n) is 6.28. The highest BCUT2D eigenvalue weighted by Gasteiger charge is 2.20. The second-order valence-corrected chi connectivity index (χ2v) is 5.66. The lowest BCUT2D eigenvalue weighted by atomic mass is 9.90. The highest BCUT2D eigenvalue weighted by atomic mass is 16.4. The molecule has 0 aliphatic rings. The van der Waals surface area contributed by atoms with Gasteiger partial charge in [-0.05, 0) is 18.3 Å². The first-order chi connectivity index (χ1) is 7.76. The van der Waals surface area contributed by atoms with Crippen molar-refractivity contribution in [2.24, 2.45) is 5.41 Å². The van der Waals surface area contributed by atoms with E-state index in [1.807, 2.05) is 6.92 Å². The molecule has 4 heteroatoms. The van der Waals surface area contributed by atoms with E-state index in [4.69, 9.17) is 5.11 Å². The smallest absolute Gasteiger partial charge is 0.326 e. The van der Waals surface area contributed by atoms with Crippen molar-refractivity contribution >= 4 is 11.9 Å². The van der Waals surface area contributed by atoms with Crippen LogP contribution in [0.25, 0.3) is 0 Å². The zero-order valence-corrected chi connectivity index (χ0v) is 11.4. The molecule has 0 saturated carbocycles. The fraction of sp³-hybridized carbons (Fsp3) is 0.846. The van der Waals surface area contributed by atoms with Crippen LogP contribution in [0.5, 0.6) is 0 Å². The van der Waals surface area contributed by atoms with Gasteiger partial charge < -0.3 is 10.4 Å². The Balaban J connectivity index is 4.08. The summed E-state index contributed by atoms with van der Waals surface area (Å²) in [4.78, 5) is 22.5. The van der Waals surface area contributed by atoms with Gasteiger partial charge in [0.25, 0.3) is 0 Å². The Labute approximate surface area is 104 Å². The third kappa shape index (κ3) is 8.72. The molecule has 4 nitrogen and oxygen atoms in total. The van der Waals surface area contributed by atoms with Gasteiger partial charge >= 0.3 is 5.97 Å². The van der Waals surface area contributed by atoms with Crippen LogP contribution >= 0.6 is 0 Å². The molecule has 2 N–H and O–H groups in total. The topological polar surface area (TPSA) is 66.4 Å². The monoisotopic (exact) mass is 243 g/mol. The predicted molar refractivity (Wildman–Crippen MR) is 67.8 cm³/mol. The molecule has 0 saturated heterocycles. The largest absolute Gasteiger partial charge is 0.480 e. The van der Waals surface area contributed by atoms with Crippen molar-refractivity contribution in [3.05, 3.63) is 0 Å². The molecule has 0 aromatic heterocycles. The predicted octanol–water partition coefficient (Wildman–Crippen LogP) is 2.57. The molecule has 17 heavy (non-hydrogen) atoms. The van der Waals surface area contributed by atoms with Crippen molar-refractivity contribution in [2.45, 2.75) is 65.8 Å². The van der Waals surface area contributed by atoms with Gasteiger partial charge in [-0.1, -0.05) is 40.5 Å². The molecule has 0 radical (unpaired) electrons. The molecular weight excluding hydrogens is 218 g/mol. The Kier molecular flexibility index (Phi) is 6.85. The van der Waals surface area contributed by atoms with E-state index in [1.54, 1.807) is 0 Å². The molecule has 0 fully saturated rings. The summed E-state index contributed by atoms with van der Waals surface area (Å²) in [5.41, 5.74) is 0.0967. The number of amides is 1. The number of carbonyl (C=O) groups excluding carboxylic acids is 1. The maximum absolute atomic E-state index is 11.6. The standard InChI is InChI=1S/C13H25NO3/c1-5-6-7-10(12(16)17)14-11(15)8-9-13(2,3)4/h10H,5-9H2,1-4H3,(H,14,15)(H,16,17)/t10-/m0/s1. The van der Waals surface area contributed by atoms with Crippen LogP contribution in [-0.4, -0.2) is 23.0 Å². The molecule has 0 rings (SSSR count). The number of rotatable bonds is 7. The second-order valence-electron chi connectivity index (χ2n) is 5.66. The Hall–Kier alpha value is -1.06. The molecule has 0 heterocycles. The number of hydrogen-bond acceptors (Lipinski definition) is 2. The zero-order chi connectivity index (χ0) is 13.5. The lowest BCUT2D eigenvalue weighted by Gasteiger charge is -2.19. The minimum absolute atomic E-state index is 0.0967. The van der Waals surface area contributed by atoms with Crippen molar-refractivity contribution < 1.29 is 14.7 Å².